The van der Waals surface area contributed by atoms with Crippen LogP contribution >= 0.6 is 0 Å². The van der Waals surface area contributed by atoms with E-state index < -0.39 is 11.6 Å². The van der Waals surface area contributed by atoms with Crippen LogP contribution in [0.4, 0.5) is 13.2 Å². The molecular weight excluding hydrogens is 435 g/mol. The summed E-state index contributed by atoms with van der Waals surface area (Å²) in [5, 5.41) is 10.2. The van der Waals surface area contributed by atoms with E-state index >= 15 is 4.39 Å². The molecule has 0 aliphatic rings. The molecule has 172 valence electrons. The molecule has 0 fully saturated rings. The van der Waals surface area contributed by atoms with Gasteiger partial charge in [-0.25, -0.2) is 13.2 Å². The minimum absolute atomic E-state index is 0.0456. The number of hydrogen-bond donors (Lipinski definition) is 0. The van der Waals surface area contributed by atoms with Crippen LogP contribution in [0.1, 0.15) is 33.4 Å². The summed E-state index contributed by atoms with van der Waals surface area (Å²) in [6.07, 6.45) is 1.87. The molecule has 0 heterocycles. The molecule has 0 saturated heterocycles. The maximum Gasteiger partial charge on any atom is 0.134 e. The van der Waals surface area contributed by atoms with Gasteiger partial charge >= 0.3 is 0 Å². The third-order valence-corrected chi connectivity index (χ3v) is 6.04. The highest BCUT2D eigenvalue weighted by Crippen LogP contribution is 2.25. The normalized spacial score (nSPS) is 11.0. The van der Waals surface area contributed by atoms with Crippen LogP contribution in [-0.4, -0.2) is 7.11 Å². The molecular formula is C29H24F3NO. The van der Waals surface area contributed by atoms with E-state index in [0.717, 1.165) is 16.5 Å². The Morgan fingerprint density at radius 2 is 1.41 bits per heavy atom. The van der Waals surface area contributed by atoms with Crippen molar-refractivity contribution >= 4 is 10.8 Å². The quantitative estimate of drug-likeness (QED) is 0.289. The van der Waals surface area contributed by atoms with E-state index in [4.69, 9.17) is 10.00 Å². The number of hydrogen-bond acceptors (Lipinski definition) is 2. The number of aryl methyl sites for hydroxylation is 3. The molecule has 0 unspecified atom stereocenters. The first-order valence-electron chi connectivity index (χ1n) is 11.1. The van der Waals surface area contributed by atoms with Crippen molar-refractivity contribution in [2.24, 2.45) is 0 Å². The van der Waals surface area contributed by atoms with Gasteiger partial charge in [0.2, 0.25) is 0 Å². The van der Waals surface area contributed by atoms with Crippen molar-refractivity contribution in [3.8, 4) is 6.07 Å². The summed E-state index contributed by atoms with van der Waals surface area (Å²) in [6, 6.07) is 21.1. The van der Waals surface area contributed by atoms with Crippen LogP contribution in [-0.2, 0) is 37.0 Å². The number of halogens is 3. The Hall–Kier alpha value is -3.62. The summed E-state index contributed by atoms with van der Waals surface area (Å²) in [5.74, 6) is -1.40. The summed E-state index contributed by atoms with van der Waals surface area (Å²) in [6.45, 7) is 0.153. The van der Waals surface area contributed by atoms with Crippen molar-refractivity contribution in [3.63, 3.8) is 0 Å². The zero-order valence-corrected chi connectivity index (χ0v) is 18.9. The maximum absolute atomic E-state index is 15.1. The molecule has 2 nitrogen and oxygen atoms in total. The van der Waals surface area contributed by atoms with Crippen LogP contribution in [0.5, 0.6) is 0 Å². The summed E-state index contributed by atoms with van der Waals surface area (Å²) in [5.41, 5.74) is 3.66. The van der Waals surface area contributed by atoms with E-state index in [1.807, 2.05) is 30.3 Å². The second kappa shape index (κ2) is 10.5. The third kappa shape index (κ3) is 5.30. The molecule has 4 aromatic carbocycles. The van der Waals surface area contributed by atoms with Gasteiger partial charge < -0.3 is 4.74 Å². The van der Waals surface area contributed by atoms with Crippen molar-refractivity contribution in [1.82, 2.24) is 0 Å². The lowest BCUT2D eigenvalue weighted by atomic mass is 9.97. The van der Waals surface area contributed by atoms with Crippen LogP contribution in [0.25, 0.3) is 10.8 Å². The number of fused-ring (bicyclic) bond motifs is 1. The fourth-order valence-electron chi connectivity index (χ4n) is 4.17. The van der Waals surface area contributed by atoms with Gasteiger partial charge in [-0.2, -0.15) is 5.26 Å². The molecule has 0 saturated carbocycles. The fourth-order valence-corrected chi connectivity index (χ4v) is 4.17. The van der Waals surface area contributed by atoms with Gasteiger partial charge in [0.25, 0.3) is 0 Å². The lowest BCUT2D eigenvalue weighted by molar-refractivity contribution is 0.184. The number of nitrogens with zero attached hydrogens (tertiary/aromatic N) is 1. The molecule has 0 spiro atoms. The zero-order chi connectivity index (χ0) is 24.1. The summed E-state index contributed by atoms with van der Waals surface area (Å²) in [4.78, 5) is 0. The molecule has 0 radical (unpaired) electrons. The molecule has 34 heavy (non-hydrogen) atoms. The lowest BCUT2D eigenvalue weighted by Crippen LogP contribution is -2.02. The van der Waals surface area contributed by atoms with E-state index in [0.29, 0.717) is 41.3 Å². The number of benzene rings is 4. The van der Waals surface area contributed by atoms with Gasteiger partial charge in [0.05, 0.1) is 18.2 Å². The molecule has 0 aromatic heterocycles. The first-order valence-corrected chi connectivity index (χ1v) is 11.1. The van der Waals surface area contributed by atoms with E-state index in [2.05, 4.69) is 6.07 Å². The minimum Gasteiger partial charge on any atom is -0.380 e. The number of ether oxygens (including phenoxy) is 1. The Morgan fingerprint density at radius 1 is 0.735 bits per heavy atom. The Balaban J connectivity index is 1.46. The Labute approximate surface area is 197 Å². The van der Waals surface area contributed by atoms with Gasteiger partial charge in [-0.05, 0) is 77.6 Å². The highest BCUT2D eigenvalue weighted by Gasteiger charge is 2.13. The summed E-state index contributed by atoms with van der Waals surface area (Å²) < 4.78 is 48.8. The summed E-state index contributed by atoms with van der Waals surface area (Å²) in [7, 11) is 1.48. The zero-order valence-electron chi connectivity index (χ0n) is 18.9. The highest BCUT2D eigenvalue weighted by molar-refractivity contribution is 5.84. The van der Waals surface area contributed by atoms with Gasteiger partial charge in [0, 0.05) is 18.1 Å². The molecule has 0 aliphatic carbocycles. The first-order chi connectivity index (χ1) is 16.5. The molecule has 0 aliphatic heterocycles. The van der Waals surface area contributed by atoms with Gasteiger partial charge in [-0.1, -0.05) is 42.5 Å². The lowest BCUT2D eigenvalue weighted by Gasteiger charge is -2.10. The van der Waals surface area contributed by atoms with Crippen LogP contribution in [0, 0.1) is 28.8 Å². The average molecular weight is 460 g/mol. The monoisotopic (exact) mass is 459 g/mol. The van der Waals surface area contributed by atoms with Gasteiger partial charge in [0.1, 0.15) is 17.5 Å². The fraction of sp³-hybridized carbons (Fsp3) is 0.207. The molecule has 4 aromatic rings. The van der Waals surface area contributed by atoms with Crippen molar-refractivity contribution in [2.75, 3.05) is 7.11 Å². The maximum atomic E-state index is 15.1. The molecule has 4 rings (SSSR count). The second-order valence-corrected chi connectivity index (χ2v) is 8.37. The third-order valence-electron chi connectivity index (χ3n) is 6.04. The first kappa shape index (κ1) is 23.5. The number of methoxy groups -OCH3 is 1. The van der Waals surface area contributed by atoms with Crippen molar-refractivity contribution < 1.29 is 17.9 Å². The van der Waals surface area contributed by atoms with E-state index in [-0.39, 0.29) is 24.4 Å². The summed E-state index contributed by atoms with van der Waals surface area (Å²) >= 11 is 0. The second-order valence-electron chi connectivity index (χ2n) is 8.37. The topological polar surface area (TPSA) is 33.0 Å². The molecule has 0 bridgehead atoms. The molecule has 0 amide bonds. The van der Waals surface area contributed by atoms with Gasteiger partial charge in [0.15, 0.2) is 0 Å². The van der Waals surface area contributed by atoms with Crippen LogP contribution in [0.2, 0.25) is 0 Å². The van der Waals surface area contributed by atoms with Crippen LogP contribution in [0.3, 0.4) is 0 Å². The van der Waals surface area contributed by atoms with E-state index in [1.165, 1.54) is 19.2 Å². The molecule has 5 heteroatoms. The van der Waals surface area contributed by atoms with E-state index in [1.54, 1.807) is 24.3 Å². The van der Waals surface area contributed by atoms with Crippen molar-refractivity contribution in [3.05, 3.63) is 118 Å². The average Bonchev–Trinajstić information content (AvgIpc) is 2.83. The largest absolute Gasteiger partial charge is 0.380 e. The Bertz CT molecular complexity index is 1330. The van der Waals surface area contributed by atoms with Crippen LogP contribution < -0.4 is 0 Å². The Kier molecular flexibility index (Phi) is 7.30. The SMILES string of the molecule is COCc1cc(F)c(CCc2ccc3c(F)c(CCc4ccc(C#N)cc4)ccc3c2)c(F)c1. The Morgan fingerprint density at radius 3 is 2.09 bits per heavy atom. The standard InChI is InChI=1S/C29H24F3NO/c1-34-18-22-15-27(30)26(28(31)16-22)13-8-20-7-12-25-24(14-20)11-10-23(29(25)32)9-6-19-2-4-21(17-33)5-3-19/h2-5,7,10-12,14-16H,6,8-9,13,18H2,1H3. The van der Waals surface area contributed by atoms with Crippen LogP contribution in [0.15, 0.2) is 66.7 Å². The smallest absolute Gasteiger partial charge is 0.134 e. The van der Waals surface area contributed by atoms with Crippen molar-refractivity contribution in [2.45, 2.75) is 32.3 Å². The number of nitriles is 1. The highest BCUT2D eigenvalue weighted by atomic mass is 19.1. The van der Waals surface area contributed by atoms with E-state index in [9.17, 15) is 8.78 Å². The van der Waals surface area contributed by atoms with Gasteiger partial charge in [-0.3, -0.25) is 0 Å². The van der Waals surface area contributed by atoms with Crippen molar-refractivity contribution in [1.29, 1.82) is 5.26 Å². The predicted molar refractivity (Wildman–Crippen MR) is 127 cm³/mol. The minimum atomic E-state index is -0.578. The van der Waals surface area contributed by atoms with Gasteiger partial charge in [-0.15, -0.1) is 0 Å². The molecule has 0 N–H and O–H groups in total. The number of rotatable bonds is 8. The molecule has 0 atom stereocenters. The predicted octanol–water partition coefficient (Wildman–Crippen LogP) is 6.85.